The SMILES string of the molecule is CNc1nccn2c(C3CCC3)nc(-c3cc4c(Cl)cccc4[nH]3)c12. The summed E-state index contributed by atoms with van der Waals surface area (Å²) in [5, 5.41) is 4.96. The van der Waals surface area contributed by atoms with Gasteiger partial charge in [0.2, 0.25) is 0 Å². The fourth-order valence-corrected chi connectivity index (χ4v) is 3.86. The predicted octanol–water partition coefficient (Wildman–Crippen LogP) is 4.84. The van der Waals surface area contributed by atoms with E-state index >= 15 is 0 Å². The molecule has 3 heterocycles. The molecule has 3 aromatic heterocycles. The molecule has 0 amide bonds. The second-order valence-corrected chi connectivity index (χ2v) is 6.98. The van der Waals surface area contributed by atoms with Gasteiger partial charge in [-0.15, -0.1) is 0 Å². The van der Waals surface area contributed by atoms with Crippen molar-refractivity contribution < 1.29 is 0 Å². The van der Waals surface area contributed by atoms with Crippen LogP contribution in [0.2, 0.25) is 5.02 Å². The van der Waals surface area contributed by atoms with Crippen molar-refractivity contribution in [3.05, 3.63) is 47.5 Å². The van der Waals surface area contributed by atoms with E-state index in [4.69, 9.17) is 16.6 Å². The van der Waals surface area contributed by atoms with E-state index in [1.165, 1.54) is 19.3 Å². The van der Waals surface area contributed by atoms with Crippen molar-refractivity contribution >= 4 is 33.8 Å². The molecule has 5 nitrogen and oxygen atoms in total. The van der Waals surface area contributed by atoms with Crippen LogP contribution in [0, 0.1) is 0 Å². The molecule has 0 aliphatic heterocycles. The van der Waals surface area contributed by atoms with Crippen LogP contribution < -0.4 is 5.32 Å². The van der Waals surface area contributed by atoms with Gasteiger partial charge in [-0.3, -0.25) is 4.40 Å². The van der Waals surface area contributed by atoms with Gasteiger partial charge in [0.1, 0.15) is 17.0 Å². The number of H-pyrrole nitrogens is 1. The molecule has 6 heteroatoms. The minimum absolute atomic E-state index is 0.529. The van der Waals surface area contributed by atoms with Gasteiger partial charge < -0.3 is 10.3 Å². The van der Waals surface area contributed by atoms with Crippen LogP contribution in [0.5, 0.6) is 0 Å². The number of halogens is 1. The Balaban J connectivity index is 1.80. The highest BCUT2D eigenvalue weighted by atomic mass is 35.5. The van der Waals surface area contributed by atoms with Gasteiger partial charge in [0.15, 0.2) is 5.82 Å². The smallest absolute Gasteiger partial charge is 0.152 e. The zero-order valence-corrected chi connectivity index (χ0v) is 14.6. The summed E-state index contributed by atoms with van der Waals surface area (Å²) in [6.07, 6.45) is 7.52. The molecular weight excluding hydrogens is 334 g/mol. The lowest BCUT2D eigenvalue weighted by Crippen LogP contribution is -2.12. The number of benzene rings is 1. The molecule has 2 N–H and O–H groups in total. The monoisotopic (exact) mass is 351 g/mol. The van der Waals surface area contributed by atoms with Crippen LogP contribution in [0.3, 0.4) is 0 Å². The number of hydrogen-bond acceptors (Lipinski definition) is 3. The van der Waals surface area contributed by atoms with Crippen molar-refractivity contribution in [2.24, 2.45) is 0 Å². The van der Waals surface area contributed by atoms with E-state index in [1.54, 1.807) is 0 Å². The molecule has 5 rings (SSSR count). The summed E-state index contributed by atoms with van der Waals surface area (Å²) in [6, 6.07) is 7.98. The summed E-state index contributed by atoms with van der Waals surface area (Å²) in [7, 11) is 1.89. The van der Waals surface area contributed by atoms with Crippen LogP contribution in [0.1, 0.15) is 31.0 Å². The van der Waals surface area contributed by atoms with E-state index in [0.29, 0.717) is 5.92 Å². The highest BCUT2D eigenvalue weighted by molar-refractivity contribution is 6.35. The lowest BCUT2D eigenvalue weighted by Gasteiger charge is -2.23. The van der Waals surface area contributed by atoms with Crippen LogP contribution in [-0.2, 0) is 0 Å². The average Bonchev–Trinajstić information content (AvgIpc) is 3.16. The Morgan fingerprint density at radius 3 is 2.92 bits per heavy atom. The lowest BCUT2D eigenvalue weighted by molar-refractivity contribution is 0.400. The zero-order chi connectivity index (χ0) is 17.0. The van der Waals surface area contributed by atoms with Gasteiger partial charge >= 0.3 is 0 Å². The first-order valence-corrected chi connectivity index (χ1v) is 8.96. The third kappa shape index (κ3) is 2.15. The second-order valence-electron chi connectivity index (χ2n) is 6.57. The number of nitrogens with one attached hydrogen (secondary N) is 2. The Bertz CT molecular complexity index is 1090. The average molecular weight is 352 g/mol. The molecule has 0 unspecified atom stereocenters. The molecule has 0 atom stereocenters. The van der Waals surface area contributed by atoms with Gasteiger partial charge in [-0.05, 0) is 31.0 Å². The Labute approximate surface area is 150 Å². The highest BCUT2D eigenvalue weighted by Crippen LogP contribution is 2.40. The standard InChI is InChI=1S/C19H18ClN5/c1-21-18-17-16(15-10-12-13(20)6-3-7-14(12)23-15)24-19(11-4-2-5-11)25(17)9-8-22-18/h3,6-11,23H,2,4-5H2,1H3,(H,21,22). The fourth-order valence-electron chi connectivity index (χ4n) is 3.63. The van der Waals surface area contributed by atoms with Crippen LogP contribution >= 0.6 is 11.6 Å². The summed E-state index contributed by atoms with van der Waals surface area (Å²) in [6.45, 7) is 0. The molecule has 0 bridgehead atoms. The third-order valence-electron chi connectivity index (χ3n) is 5.16. The van der Waals surface area contributed by atoms with E-state index in [9.17, 15) is 0 Å². The summed E-state index contributed by atoms with van der Waals surface area (Å²) >= 11 is 6.35. The molecule has 25 heavy (non-hydrogen) atoms. The van der Waals surface area contributed by atoms with Gasteiger partial charge in [-0.1, -0.05) is 24.1 Å². The van der Waals surface area contributed by atoms with Gasteiger partial charge in [0.05, 0.1) is 5.69 Å². The number of fused-ring (bicyclic) bond motifs is 2. The summed E-state index contributed by atoms with van der Waals surface area (Å²) in [4.78, 5) is 13.0. The molecular formula is C19H18ClN5. The fraction of sp³-hybridized carbons (Fsp3) is 0.263. The van der Waals surface area contributed by atoms with Crippen LogP contribution in [0.4, 0.5) is 5.82 Å². The molecule has 0 spiro atoms. The zero-order valence-electron chi connectivity index (χ0n) is 13.9. The minimum Gasteiger partial charge on any atom is -0.371 e. The summed E-state index contributed by atoms with van der Waals surface area (Å²) in [5.74, 6) is 2.49. The summed E-state index contributed by atoms with van der Waals surface area (Å²) < 4.78 is 2.19. The number of anilines is 1. The van der Waals surface area contributed by atoms with Crippen molar-refractivity contribution in [1.29, 1.82) is 0 Å². The van der Waals surface area contributed by atoms with E-state index in [1.807, 2.05) is 37.6 Å². The summed E-state index contributed by atoms with van der Waals surface area (Å²) in [5.41, 5.74) is 3.92. The molecule has 4 aromatic rings. The Morgan fingerprint density at radius 1 is 1.32 bits per heavy atom. The molecule has 126 valence electrons. The number of hydrogen-bond donors (Lipinski definition) is 2. The van der Waals surface area contributed by atoms with Crippen molar-refractivity contribution in [2.75, 3.05) is 12.4 Å². The number of nitrogens with zero attached hydrogens (tertiary/aromatic N) is 3. The molecule has 1 fully saturated rings. The van der Waals surface area contributed by atoms with Crippen molar-refractivity contribution in [3.63, 3.8) is 0 Å². The van der Waals surface area contributed by atoms with Gasteiger partial charge in [0.25, 0.3) is 0 Å². The Morgan fingerprint density at radius 2 is 2.20 bits per heavy atom. The first kappa shape index (κ1) is 14.8. The number of aromatic nitrogens is 4. The van der Waals surface area contributed by atoms with Gasteiger partial charge in [-0.25, -0.2) is 9.97 Å². The topological polar surface area (TPSA) is 58.0 Å². The largest absolute Gasteiger partial charge is 0.371 e. The van der Waals surface area contributed by atoms with E-state index < -0.39 is 0 Å². The first-order chi connectivity index (χ1) is 12.3. The molecule has 0 saturated heterocycles. The molecule has 1 aromatic carbocycles. The first-order valence-electron chi connectivity index (χ1n) is 8.58. The molecule has 1 saturated carbocycles. The number of rotatable bonds is 3. The van der Waals surface area contributed by atoms with Crippen molar-refractivity contribution in [3.8, 4) is 11.4 Å². The van der Waals surface area contributed by atoms with Crippen molar-refractivity contribution in [2.45, 2.75) is 25.2 Å². The van der Waals surface area contributed by atoms with E-state index in [0.717, 1.165) is 44.5 Å². The highest BCUT2D eigenvalue weighted by Gasteiger charge is 2.27. The van der Waals surface area contributed by atoms with E-state index in [-0.39, 0.29) is 0 Å². The number of imidazole rings is 1. The molecule has 0 radical (unpaired) electrons. The Kier molecular flexibility index (Phi) is 3.25. The lowest BCUT2D eigenvalue weighted by atomic mass is 9.85. The molecule has 1 aliphatic carbocycles. The van der Waals surface area contributed by atoms with Gasteiger partial charge in [-0.2, -0.15) is 0 Å². The third-order valence-corrected chi connectivity index (χ3v) is 5.48. The van der Waals surface area contributed by atoms with Crippen LogP contribution in [0.15, 0.2) is 36.7 Å². The van der Waals surface area contributed by atoms with Crippen molar-refractivity contribution in [1.82, 2.24) is 19.4 Å². The maximum atomic E-state index is 6.35. The Hall–Kier alpha value is -2.53. The molecule has 1 aliphatic rings. The maximum Gasteiger partial charge on any atom is 0.152 e. The minimum atomic E-state index is 0.529. The predicted molar refractivity (Wildman–Crippen MR) is 101 cm³/mol. The van der Waals surface area contributed by atoms with E-state index in [2.05, 4.69) is 25.8 Å². The van der Waals surface area contributed by atoms with Crippen LogP contribution in [0.25, 0.3) is 27.8 Å². The quantitative estimate of drug-likeness (QED) is 0.555. The van der Waals surface area contributed by atoms with Crippen LogP contribution in [-0.4, -0.2) is 26.4 Å². The number of aromatic amines is 1. The normalized spacial score (nSPS) is 15.0. The van der Waals surface area contributed by atoms with Gasteiger partial charge in [0, 0.05) is 41.3 Å². The second kappa shape index (κ2) is 5.49. The maximum absolute atomic E-state index is 6.35.